The van der Waals surface area contributed by atoms with E-state index in [4.69, 9.17) is 5.26 Å². The van der Waals surface area contributed by atoms with Crippen molar-refractivity contribution in [2.45, 2.75) is 6.18 Å². The van der Waals surface area contributed by atoms with Gasteiger partial charge in [0.15, 0.2) is 5.69 Å². The van der Waals surface area contributed by atoms with Gasteiger partial charge in [-0.25, -0.2) is 0 Å². The van der Waals surface area contributed by atoms with E-state index in [0.29, 0.717) is 0 Å². The van der Waals surface area contributed by atoms with Crippen LogP contribution in [0.25, 0.3) is 0 Å². The van der Waals surface area contributed by atoms with Crippen LogP contribution in [-0.4, -0.2) is 10.2 Å². The Morgan fingerprint density at radius 3 is 2.55 bits per heavy atom. The summed E-state index contributed by atoms with van der Waals surface area (Å²) < 4.78 is 35.5. The number of rotatable bonds is 0. The van der Waals surface area contributed by atoms with Crippen LogP contribution in [-0.2, 0) is 6.18 Å². The molecular weight excluding hydrogens is 159 g/mol. The van der Waals surface area contributed by atoms with Crippen LogP contribution in [0.4, 0.5) is 13.2 Å². The zero-order chi connectivity index (χ0) is 8.48. The molecule has 1 aromatic heterocycles. The molecule has 0 radical (unpaired) electrons. The number of nitrogens with zero attached hydrogens (tertiary/aromatic N) is 2. The van der Waals surface area contributed by atoms with Crippen LogP contribution in [0, 0.1) is 11.3 Å². The van der Waals surface area contributed by atoms with Crippen LogP contribution in [0.5, 0.6) is 0 Å². The molecule has 3 nitrogen and oxygen atoms in total. The third-order valence-corrected chi connectivity index (χ3v) is 1.04. The number of nitriles is 1. The number of alkyl halides is 3. The third kappa shape index (κ3) is 1.32. The molecule has 0 aliphatic rings. The van der Waals surface area contributed by atoms with Gasteiger partial charge in [-0.1, -0.05) is 0 Å². The first-order valence-electron chi connectivity index (χ1n) is 2.56. The Hall–Kier alpha value is -1.51. The quantitative estimate of drug-likeness (QED) is 0.623. The lowest BCUT2D eigenvalue weighted by molar-refractivity contribution is -0.141. The zero-order valence-corrected chi connectivity index (χ0v) is 5.11. The van der Waals surface area contributed by atoms with E-state index in [0.717, 1.165) is 6.20 Å². The highest BCUT2D eigenvalue weighted by Gasteiger charge is 2.35. The van der Waals surface area contributed by atoms with Crippen molar-refractivity contribution in [1.82, 2.24) is 10.2 Å². The van der Waals surface area contributed by atoms with Crippen molar-refractivity contribution >= 4 is 0 Å². The maximum absolute atomic E-state index is 11.8. The van der Waals surface area contributed by atoms with Crippen LogP contribution < -0.4 is 0 Å². The third-order valence-electron chi connectivity index (χ3n) is 1.04. The van der Waals surface area contributed by atoms with Crippen molar-refractivity contribution in [1.29, 1.82) is 5.26 Å². The van der Waals surface area contributed by atoms with Gasteiger partial charge in [0.2, 0.25) is 0 Å². The summed E-state index contributed by atoms with van der Waals surface area (Å²) in [5.74, 6) is 0. The van der Waals surface area contributed by atoms with Crippen molar-refractivity contribution in [3.8, 4) is 6.07 Å². The normalized spacial score (nSPS) is 11.1. The first-order valence-corrected chi connectivity index (χ1v) is 2.56. The fourth-order valence-electron chi connectivity index (χ4n) is 0.587. The summed E-state index contributed by atoms with van der Waals surface area (Å²) in [5.41, 5.74) is -1.59. The summed E-state index contributed by atoms with van der Waals surface area (Å²) in [6.45, 7) is 0. The van der Waals surface area contributed by atoms with Crippen molar-refractivity contribution in [3.05, 3.63) is 17.5 Å². The summed E-state index contributed by atoms with van der Waals surface area (Å²) in [4.78, 5) is 0. The smallest absolute Gasteiger partial charge is 0.272 e. The second kappa shape index (κ2) is 2.27. The van der Waals surface area contributed by atoms with Crippen molar-refractivity contribution in [2.24, 2.45) is 0 Å². The van der Waals surface area contributed by atoms with E-state index in [9.17, 15) is 13.2 Å². The number of hydrogen-bond acceptors (Lipinski definition) is 2. The molecule has 1 rings (SSSR count). The summed E-state index contributed by atoms with van der Waals surface area (Å²) in [6, 6.07) is 1.37. The SMILES string of the molecule is N#Cc1cn[nH]c1C(F)(F)F. The molecule has 0 saturated carbocycles. The van der Waals surface area contributed by atoms with Crippen LogP contribution >= 0.6 is 0 Å². The number of nitrogens with one attached hydrogen (secondary N) is 1. The van der Waals surface area contributed by atoms with Gasteiger partial charge in [0.25, 0.3) is 0 Å². The van der Waals surface area contributed by atoms with E-state index < -0.39 is 17.4 Å². The van der Waals surface area contributed by atoms with Gasteiger partial charge in [-0.15, -0.1) is 0 Å². The Labute approximate surface area is 59.4 Å². The first-order chi connectivity index (χ1) is 5.05. The van der Waals surface area contributed by atoms with Gasteiger partial charge in [0, 0.05) is 0 Å². The predicted octanol–water partition coefficient (Wildman–Crippen LogP) is 1.30. The Morgan fingerprint density at radius 2 is 2.18 bits per heavy atom. The van der Waals surface area contributed by atoms with Gasteiger partial charge >= 0.3 is 6.18 Å². The zero-order valence-electron chi connectivity index (χ0n) is 5.11. The molecule has 11 heavy (non-hydrogen) atoms. The van der Waals surface area contributed by atoms with E-state index in [2.05, 4.69) is 5.10 Å². The van der Waals surface area contributed by atoms with Gasteiger partial charge in [0.05, 0.1) is 6.20 Å². The number of aromatic nitrogens is 2. The van der Waals surface area contributed by atoms with E-state index in [1.807, 2.05) is 0 Å². The van der Waals surface area contributed by atoms with Crippen LogP contribution in [0.2, 0.25) is 0 Å². The largest absolute Gasteiger partial charge is 0.434 e. The highest BCUT2D eigenvalue weighted by atomic mass is 19.4. The molecule has 0 saturated heterocycles. The standard InChI is InChI=1S/C5H2F3N3/c6-5(7,8)4-3(1-9)2-10-11-4/h2H,(H,10,11). The summed E-state index contributed by atoms with van der Waals surface area (Å²) in [7, 11) is 0. The van der Waals surface area contributed by atoms with E-state index >= 15 is 0 Å². The van der Waals surface area contributed by atoms with Crippen LogP contribution in [0.15, 0.2) is 6.20 Å². The maximum atomic E-state index is 11.8. The number of H-pyrrole nitrogens is 1. The molecule has 58 valence electrons. The molecule has 0 spiro atoms. The first kappa shape index (κ1) is 7.60. The summed E-state index contributed by atoms with van der Waals surface area (Å²) >= 11 is 0. The lowest BCUT2D eigenvalue weighted by Crippen LogP contribution is -2.07. The molecule has 1 aromatic rings. The lowest BCUT2D eigenvalue weighted by atomic mass is 10.3. The lowest BCUT2D eigenvalue weighted by Gasteiger charge is -2.01. The fourth-order valence-corrected chi connectivity index (χ4v) is 0.587. The molecule has 0 atom stereocenters. The second-order valence-electron chi connectivity index (χ2n) is 1.77. The monoisotopic (exact) mass is 161 g/mol. The highest BCUT2D eigenvalue weighted by molar-refractivity contribution is 5.31. The minimum Gasteiger partial charge on any atom is -0.272 e. The van der Waals surface area contributed by atoms with Gasteiger partial charge in [-0.05, 0) is 0 Å². The fraction of sp³-hybridized carbons (Fsp3) is 0.200. The van der Waals surface area contributed by atoms with Gasteiger partial charge in [0.1, 0.15) is 11.6 Å². The van der Waals surface area contributed by atoms with Gasteiger partial charge < -0.3 is 0 Å². The summed E-state index contributed by atoms with van der Waals surface area (Å²) in [5, 5.41) is 13.0. The van der Waals surface area contributed by atoms with E-state index in [-0.39, 0.29) is 0 Å². The topological polar surface area (TPSA) is 52.5 Å². The Kier molecular flexibility index (Phi) is 1.57. The molecule has 0 aliphatic heterocycles. The average Bonchev–Trinajstić information content (AvgIpc) is 2.31. The Morgan fingerprint density at radius 1 is 1.55 bits per heavy atom. The van der Waals surface area contributed by atoms with Crippen molar-refractivity contribution in [2.75, 3.05) is 0 Å². The molecule has 0 fully saturated rings. The second-order valence-corrected chi connectivity index (χ2v) is 1.77. The molecule has 1 N–H and O–H groups in total. The van der Waals surface area contributed by atoms with Gasteiger partial charge in [-0.2, -0.15) is 23.5 Å². The molecular formula is C5H2F3N3. The van der Waals surface area contributed by atoms with E-state index in [1.165, 1.54) is 6.07 Å². The average molecular weight is 161 g/mol. The molecule has 6 heteroatoms. The minimum atomic E-state index is -4.53. The van der Waals surface area contributed by atoms with Crippen molar-refractivity contribution < 1.29 is 13.2 Å². The maximum Gasteiger partial charge on any atom is 0.434 e. The molecule has 0 aliphatic carbocycles. The molecule has 0 amide bonds. The Bertz CT molecular complexity index is 293. The number of aromatic amines is 1. The number of halogens is 3. The van der Waals surface area contributed by atoms with Crippen molar-refractivity contribution in [3.63, 3.8) is 0 Å². The molecule has 0 bridgehead atoms. The highest BCUT2D eigenvalue weighted by Crippen LogP contribution is 2.29. The molecule has 0 unspecified atom stereocenters. The van der Waals surface area contributed by atoms with E-state index in [1.54, 1.807) is 5.10 Å². The number of hydrogen-bond donors (Lipinski definition) is 1. The Balaban J connectivity index is 3.15. The van der Waals surface area contributed by atoms with Crippen LogP contribution in [0.1, 0.15) is 11.3 Å². The summed E-state index contributed by atoms with van der Waals surface area (Å²) in [6.07, 6.45) is -3.69. The minimum absolute atomic E-state index is 0.488. The van der Waals surface area contributed by atoms with Gasteiger partial charge in [-0.3, -0.25) is 5.10 Å². The predicted molar refractivity (Wildman–Crippen MR) is 28.3 cm³/mol. The molecule has 1 heterocycles. The van der Waals surface area contributed by atoms with Crippen LogP contribution in [0.3, 0.4) is 0 Å². The molecule has 0 aromatic carbocycles.